The van der Waals surface area contributed by atoms with Crippen LogP contribution in [0.15, 0.2) is 12.1 Å². The van der Waals surface area contributed by atoms with Crippen LogP contribution in [0.3, 0.4) is 0 Å². The van der Waals surface area contributed by atoms with E-state index in [1.165, 1.54) is 12.1 Å². The van der Waals surface area contributed by atoms with Crippen molar-refractivity contribution in [1.82, 2.24) is 5.32 Å². The molecule has 1 aromatic rings. The van der Waals surface area contributed by atoms with E-state index in [4.69, 9.17) is 5.11 Å². The van der Waals surface area contributed by atoms with Gasteiger partial charge in [0, 0.05) is 30.3 Å². The largest absolute Gasteiger partial charge is 0.481 e. The van der Waals surface area contributed by atoms with Crippen LogP contribution in [0.25, 0.3) is 0 Å². The van der Waals surface area contributed by atoms with E-state index >= 15 is 0 Å². The van der Waals surface area contributed by atoms with Crippen molar-refractivity contribution in [2.75, 3.05) is 11.9 Å². The number of nitro groups is 1. The first-order valence-electron chi connectivity index (χ1n) is 6.33. The topological polar surface area (TPSA) is 122 Å². The molecule has 3 N–H and O–H groups in total. The number of anilines is 1. The van der Waals surface area contributed by atoms with Gasteiger partial charge in [0.1, 0.15) is 0 Å². The zero-order valence-electron chi connectivity index (χ0n) is 11.8. The molecule has 0 aliphatic rings. The van der Waals surface area contributed by atoms with Gasteiger partial charge in [0.15, 0.2) is 0 Å². The van der Waals surface area contributed by atoms with Crippen molar-refractivity contribution >= 4 is 23.4 Å². The summed E-state index contributed by atoms with van der Waals surface area (Å²) in [7, 11) is 0. The number of aryl methyl sites for hydroxylation is 2. The molecule has 0 atom stereocenters. The standard InChI is InChI=1S/C13H17N3O5/c1-8-7-11(16(20)21)9(2)6-10(8)15-13(19)14-5-3-4-12(17)18/h6-7H,3-5H2,1-2H3,(H,17,18)(H2,14,15,19). The summed E-state index contributed by atoms with van der Waals surface area (Å²) in [6, 6.07) is 2.45. The molecule has 0 radical (unpaired) electrons. The summed E-state index contributed by atoms with van der Waals surface area (Å²) in [6.07, 6.45) is 0.316. The minimum atomic E-state index is -0.918. The van der Waals surface area contributed by atoms with Gasteiger partial charge in [-0.05, 0) is 31.9 Å². The molecule has 1 rings (SSSR count). The lowest BCUT2D eigenvalue weighted by Crippen LogP contribution is -2.30. The van der Waals surface area contributed by atoms with Gasteiger partial charge in [0.2, 0.25) is 0 Å². The van der Waals surface area contributed by atoms with Crippen LogP contribution >= 0.6 is 0 Å². The Kier molecular flexibility index (Phi) is 5.65. The number of nitrogens with zero attached hydrogens (tertiary/aromatic N) is 1. The predicted octanol–water partition coefficient (Wildman–Crippen LogP) is 2.20. The fourth-order valence-corrected chi connectivity index (χ4v) is 1.74. The molecule has 0 heterocycles. The van der Waals surface area contributed by atoms with Crippen molar-refractivity contribution in [2.24, 2.45) is 0 Å². The van der Waals surface area contributed by atoms with E-state index in [0.29, 0.717) is 23.2 Å². The second-order valence-corrected chi connectivity index (χ2v) is 4.59. The van der Waals surface area contributed by atoms with E-state index in [-0.39, 0.29) is 18.7 Å². The highest BCUT2D eigenvalue weighted by molar-refractivity contribution is 5.90. The third-order valence-electron chi connectivity index (χ3n) is 2.84. The van der Waals surface area contributed by atoms with Crippen LogP contribution in [0.5, 0.6) is 0 Å². The smallest absolute Gasteiger partial charge is 0.319 e. The molecule has 0 bridgehead atoms. The number of carbonyl (C=O) groups is 2. The lowest BCUT2D eigenvalue weighted by Gasteiger charge is -2.10. The Hall–Kier alpha value is -2.64. The molecule has 114 valence electrons. The van der Waals surface area contributed by atoms with Crippen LogP contribution in [-0.2, 0) is 4.79 Å². The highest BCUT2D eigenvalue weighted by atomic mass is 16.6. The van der Waals surface area contributed by atoms with Crippen molar-refractivity contribution in [2.45, 2.75) is 26.7 Å². The number of carboxylic acid groups (broad SMARTS) is 1. The molecule has 8 heteroatoms. The molecule has 0 aliphatic carbocycles. The van der Waals surface area contributed by atoms with Gasteiger partial charge in [0.25, 0.3) is 5.69 Å². The van der Waals surface area contributed by atoms with Crippen molar-refractivity contribution in [1.29, 1.82) is 0 Å². The summed E-state index contributed by atoms with van der Waals surface area (Å²) in [5.74, 6) is -0.918. The number of hydrogen-bond donors (Lipinski definition) is 3. The first-order chi connectivity index (χ1) is 9.81. The second kappa shape index (κ2) is 7.22. The molecule has 21 heavy (non-hydrogen) atoms. The monoisotopic (exact) mass is 295 g/mol. The number of nitrogens with one attached hydrogen (secondary N) is 2. The lowest BCUT2D eigenvalue weighted by atomic mass is 10.1. The summed E-state index contributed by atoms with van der Waals surface area (Å²) in [4.78, 5) is 32.3. The molecule has 0 aromatic heterocycles. The van der Waals surface area contributed by atoms with E-state index in [0.717, 1.165) is 0 Å². The Morgan fingerprint density at radius 2 is 1.95 bits per heavy atom. The molecular weight excluding hydrogens is 278 g/mol. The SMILES string of the molecule is Cc1cc([N+](=O)[O-])c(C)cc1NC(=O)NCCCC(=O)O. The number of rotatable bonds is 6. The average Bonchev–Trinajstić information content (AvgIpc) is 2.38. The first-order valence-corrected chi connectivity index (χ1v) is 6.33. The highest BCUT2D eigenvalue weighted by Crippen LogP contribution is 2.25. The Balaban J connectivity index is 2.62. The molecule has 2 amide bonds. The maximum Gasteiger partial charge on any atom is 0.319 e. The third kappa shape index (κ3) is 5.09. The summed E-state index contributed by atoms with van der Waals surface area (Å²) >= 11 is 0. The van der Waals surface area contributed by atoms with Crippen LogP contribution in [0.4, 0.5) is 16.2 Å². The molecule has 0 unspecified atom stereocenters. The van der Waals surface area contributed by atoms with Crippen LogP contribution in [0.2, 0.25) is 0 Å². The maximum absolute atomic E-state index is 11.6. The van der Waals surface area contributed by atoms with Gasteiger partial charge in [-0.1, -0.05) is 0 Å². The lowest BCUT2D eigenvalue weighted by molar-refractivity contribution is -0.385. The Bertz CT molecular complexity index is 571. The molecule has 0 fully saturated rings. The maximum atomic E-state index is 11.6. The molecule has 0 aliphatic heterocycles. The van der Waals surface area contributed by atoms with E-state index in [9.17, 15) is 19.7 Å². The number of urea groups is 1. The van der Waals surface area contributed by atoms with Gasteiger partial charge >= 0.3 is 12.0 Å². The van der Waals surface area contributed by atoms with Crippen LogP contribution < -0.4 is 10.6 Å². The molecule has 0 saturated carbocycles. The minimum Gasteiger partial charge on any atom is -0.481 e. The van der Waals surface area contributed by atoms with Gasteiger partial charge < -0.3 is 15.7 Å². The van der Waals surface area contributed by atoms with Gasteiger partial charge in [-0.2, -0.15) is 0 Å². The van der Waals surface area contributed by atoms with Crippen molar-refractivity contribution in [3.8, 4) is 0 Å². The highest BCUT2D eigenvalue weighted by Gasteiger charge is 2.14. The normalized spacial score (nSPS) is 10.0. The van der Waals surface area contributed by atoms with Gasteiger partial charge in [-0.25, -0.2) is 4.79 Å². The predicted molar refractivity (Wildman–Crippen MR) is 76.5 cm³/mol. The van der Waals surface area contributed by atoms with Gasteiger partial charge in [-0.3, -0.25) is 14.9 Å². The third-order valence-corrected chi connectivity index (χ3v) is 2.84. The number of nitro benzene ring substituents is 1. The fourth-order valence-electron chi connectivity index (χ4n) is 1.74. The van der Waals surface area contributed by atoms with Crippen molar-refractivity contribution in [3.63, 3.8) is 0 Å². The van der Waals surface area contributed by atoms with Crippen LogP contribution in [-0.4, -0.2) is 28.6 Å². The number of benzene rings is 1. The molecule has 8 nitrogen and oxygen atoms in total. The van der Waals surface area contributed by atoms with Crippen molar-refractivity contribution in [3.05, 3.63) is 33.4 Å². The van der Waals surface area contributed by atoms with E-state index in [2.05, 4.69) is 10.6 Å². The summed E-state index contributed by atoms with van der Waals surface area (Å²) in [5, 5.41) is 24.4. The average molecular weight is 295 g/mol. The molecule has 1 aromatic carbocycles. The zero-order chi connectivity index (χ0) is 16.0. The van der Waals surface area contributed by atoms with Crippen molar-refractivity contribution < 1.29 is 19.6 Å². The Morgan fingerprint density at radius 1 is 1.29 bits per heavy atom. The zero-order valence-corrected chi connectivity index (χ0v) is 11.8. The number of aliphatic carboxylic acids is 1. The minimum absolute atomic E-state index is 0.0000774. The summed E-state index contributed by atoms with van der Waals surface area (Å²) in [5.41, 5.74) is 1.51. The summed E-state index contributed by atoms with van der Waals surface area (Å²) in [6.45, 7) is 3.49. The fraction of sp³-hybridized carbons (Fsp3) is 0.385. The van der Waals surface area contributed by atoms with Gasteiger partial charge in [-0.15, -0.1) is 0 Å². The number of amides is 2. The summed E-state index contributed by atoms with van der Waals surface area (Å²) < 4.78 is 0. The number of carboxylic acids is 1. The van der Waals surface area contributed by atoms with Gasteiger partial charge in [0.05, 0.1) is 4.92 Å². The quantitative estimate of drug-likeness (QED) is 0.422. The number of carbonyl (C=O) groups excluding carboxylic acids is 1. The molecule has 0 saturated heterocycles. The van der Waals surface area contributed by atoms with E-state index < -0.39 is 16.9 Å². The Labute approximate surface area is 121 Å². The molecule has 0 spiro atoms. The first kappa shape index (κ1) is 16.4. The Morgan fingerprint density at radius 3 is 2.52 bits per heavy atom. The van der Waals surface area contributed by atoms with Crippen LogP contribution in [0.1, 0.15) is 24.0 Å². The van der Waals surface area contributed by atoms with E-state index in [1.54, 1.807) is 13.8 Å². The van der Waals surface area contributed by atoms with Crippen LogP contribution in [0, 0.1) is 24.0 Å². The second-order valence-electron chi connectivity index (χ2n) is 4.59. The number of hydrogen-bond acceptors (Lipinski definition) is 4. The van der Waals surface area contributed by atoms with E-state index in [1.807, 2.05) is 0 Å². The molecular formula is C13H17N3O5.